The number of hydrogen-bond donors (Lipinski definition) is 1. The molecule has 0 radical (unpaired) electrons. The maximum Gasteiger partial charge on any atom is 0.0431 e. The highest BCUT2D eigenvalue weighted by molar-refractivity contribution is 5.14. The molecule has 2 nitrogen and oxygen atoms in total. The fourth-order valence-electron chi connectivity index (χ4n) is 2.25. The van der Waals surface area contributed by atoms with Gasteiger partial charge in [-0.25, -0.2) is 0 Å². The van der Waals surface area contributed by atoms with Gasteiger partial charge in [0.05, 0.1) is 0 Å². The molecule has 2 rings (SSSR count). The lowest BCUT2D eigenvalue weighted by Gasteiger charge is -2.22. The van der Waals surface area contributed by atoms with Gasteiger partial charge in [0.1, 0.15) is 0 Å². The van der Waals surface area contributed by atoms with E-state index >= 15 is 0 Å². The van der Waals surface area contributed by atoms with Gasteiger partial charge in [-0.15, -0.1) is 0 Å². The summed E-state index contributed by atoms with van der Waals surface area (Å²) >= 11 is 0. The zero-order chi connectivity index (χ0) is 11.9. The molecule has 1 aromatic rings. The fourth-order valence-corrected chi connectivity index (χ4v) is 2.25. The minimum Gasteiger partial charge on any atom is -0.396 e. The molecule has 1 saturated carbocycles. The average molecular weight is 233 g/mol. The summed E-state index contributed by atoms with van der Waals surface area (Å²) in [5.41, 5.74) is 1.42. The zero-order valence-electron chi connectivity index (χ0n) is 10.5. The summed E-state index contributed by atoms with van der Waals surface area (Å²) in [5.74, 6) is 0. The quantitative estimate of drug-likeness (QED) is 0.698. The molecule has 0 unspecified atom stereocenters. The van der Waals surface area contributed by atoms with Crippen LogP contribution in [0.1, 0.15) is 37.7 Å². The molecule has 0 spiro atoms. The lowest BCUT2D eigenvalue weighted by molar-refractivity contribution is 0.239. The Hall–Kier alpha value is -0.860. The predicted octanol–water partition coefficient (Wildman–Crippen LogP) is 2.81. The second kappa shape index (κ2) is 6.77. The van der Waals surface area contributed by atoms with Gasteiger partial charge in [-0.05, 0) is 44.2 Å². The van der Waals surface area contributed by atoms with Gasteiger partial charge in [0.2, 0.25) is 0 Å². The van der Waals surface area contributed by atoms with Crippen LogP contribution in [0.25, 0.3) is 0 Å². The molecule has 0 saturated heterocycles. The van der Waals surface area contributed by atoms with Crippen molar-refractivity contribution < 1.29 is 5.11 Å². The highest BCUT2D eigenvalue weighted by Gasteiger charge is 2.28. The number of nitrogens with zero attached hydrogens (tertiary/aromatic N) is 1. The third-order valence-corrected chi connectivity index (χ3v) is 3.40. The van der Waals surface area contributed by atoms with Crippen molar-refractivity contribution in [2.75, 3.05) is 13.2 Å². The van der Waals surface area contributed by atoms with Gasteiger partial charge < -0.3 is 5.11 Å². The van der Waals surface area contributed by atoms with Crippen LogP contribution < -0.4 is 0 Å². The molecule has 0 atom stereocenters. The Kier molecular flexibility index (Phi) is 5.02. The van der Waals surface area contributed by atoms with Crippen molar-refractivity contribution in [1.82, 2.24) is 4.90 Å². The number of hydrogen-bond acceptors (Lipinski definition) is 2. The monoisotopic (exact) mass is 233 g/mol. The molecule has 2 heteroatoms. The molecule has 0 amide bonds. The summed E-state index contributed by atoms with van der Waals surface area (Å²) in [6, 6.07) is 11.6. The number of benzene rings is 1. The van der Waals surface area contributed by atoms with E-state index < -0.39 is 0 Å². The summed E-state index contributed by atoms with van der Waals surface area (Å²) in [6.07, 6.45) is 6.04. The molecule has 1 N–H and O–H groups in total. The topological polar surface area (TPSA) is 23.5 Å². The molecular formula is C15H23NO. The van der Waals surface area contributed by atoms with Crippen molar-refractivity contribution in [2.24, 2.45) is 0 Å². The van der Waals surface area contributed by atoms with Gasteiger partial charge in [0, 0.05) is 19.2 Å². The van der Waals surface area contributed by atoms with E-state index in [-0.39, 0.29) is 0 Å². The van der Waals surface area contributed by atoms with Crippen LogP contribution in [0.3, 0.4) is 0 Å². The maximum atomic E-state index is 8.77. The Labute approximate surface area is 104 Å². The Morgan fingerprint density at radius 1 is 1.06 bits per heavy atom. The molecule has 1 aromatic carbocycles. The lowest BCUT2D eigenvalue weighted by atomic mass is 10.2. The third-order valence-electron chi connectivity index (χ3n) is 3.40. The van der Waals surface area contributed by atoms with Crippen molar-refractivity contribution in [3.05, 3.63) is 35.9 Å². The van der Waals surface area contributed by atoms with Gasteiger partial charge >= 0.3 is 0 Å². The van der Waals surface area contributed by atoms with Gasteiger partial charge in [-0.1, -0.05) is 30.3 Å². The van der Waals surface area contributed by atoms with Crippen LogP contribution in [0.5, 0.6) is 0 Å². The van der Waals surface area contributed by atoms with Crippen LogP contribution >= 0.6 is 0 Å². The first kappa shape index (κ1) is 12.6. The SMILES string of the molecule is OCCCCCN(Cc1ccccc1)C1CC1. The number of rotatable bonds is 8. The Balaban J connectivity index is 1.77. The first-order valence-corrected chi connectivity index (χ1v) is 6.79. The highest BCUT2D eigenvalue weighted by Crippen LogP contribution is 2.28. The van der Waals surface area contributed by atoms with E-state index in [0.29, 0.717) is 6.61 Å². The normalized spacial score (nSPS) is 15.4. The molecule has 94 valence electrons. The van der Waals surface area contributed by atoms with Gasteiger partial charge in [0.15, 0.2) is 0 Å². The molecule has 1 aliphatic rings. The van der Waals surface area contributed by atoms with Crippen molar-refractivity contribution in [3.8, 4) is 0 Å². The molecule has 17 heavy (non-hydrogen) atoms. The zero-order valence-corrected chi connectivity index (χ0v) is 10.5. The summed E-state index contributed by atoms with van der Waals surface area (Å²) in [6.45, 7) is 2.60. The van der Waals surface area contributed by atoms with Gasteiger partial charge in [-0.2, -0.15) is 0 Å². The number of aliphatic hydroxyl groups is 1. The minimum atomic E-state index is 0.335. The molecule has 0 bridgehead atoms. The first-order valence-electron chi connectivity index (χ1n) is 6.79. The second-order valence-corrected chi connectivity index (χ2v) is 4.97. The van der Waals surface area contributed by atoms with E-state index in [1.54, 1.807) is 0 Å². The van der Waals surface area contributed by atoms with Crippen LogP contribution in [0, 0.1) is 0 Å². The summed E-state index contributed by atoms with van der Waals surface area (Å²) in [7, 11) is 0. The Bertz CT molecular complexity index is 308. The molecular weight excluding hydrogens is 210 g/mol. The highest BCUT2D eigenvalue weighted by atomic mass is 16.2. The van der Waals surface area contributed by atoms with E-state index in [0.717, 1.165) is 25.4 Å². The van der Waals surface area contributed by atoms with E-state index in [4.69, 9.17) is 5.11 Å². The molecule has 0 aliphatic heterocycles. The average Bonchev–Trinajstić information content (AvgIpc) is 3.19. The van der Waals surface area contributed by atoms with Crippen LogP contribution in [0.4, 0.5) is 0 Å². The standard InChI is InChI=1S/C15H23NO/c17-12-6-2-5-11-16(15-9-10-15)13-14-7-3-1-4-8-14/h1,3-4,7-8,15,17H,2,5-6,9-13H2. The van der Waals surface area contributed by atoms with Crippen LogP contribution in [0.2, 0.25) is 0 Å². The van der Waals surface area contributed by atoms with Crippen molar-refractivity contribution in [3.63, 3.8) is 0 Å². The van der Waals surface area contributed by atoms with E-state index in [2.05, 4.69) is 35.2 Å². The third kappa shape index (κ3) is 4.49. The van der Waals surface area contributed by atoms with Gasteiger partial charge in [-0.3, -0.25) is 4.90 Å². The summed E-state index contributed by atoms with van der Waals surface area (Å²) in [4.78, 5) is 2.60. The Morgan fingerprint density at radius 3 is 2.47 bits per heavy atom. The van der Waals surface area contributed by atoms with Crippen LogP contribution in [-0.2, 0) is 6.54 Å². The van der Waals surface area contributed by atoms with E-state index in [9.17, 15) is 0 Å². The number of unbranched alkanes of at least 4 members (excludes halogenated alkanes) is 2. The van der Waals surface area contributed by atoms with Crippen molar-refractivity contribution >= 4 is 0 Å². The summed E-state index contributed by atoms with van der Waals surface area (Å²) < 4.78 is 0. The first-order chi connectivity index (χ1) is 8.40. The minimum absolute atomic E-state index is 0.335. The van der Waals surface area contributed by atoms with Crippen molar-refractivity contribution in [2.45, 2.75) is 44.7 Å². The van der Waals surface area contributed by atoms with E-state index in [1.807, 2.05) is 0 Å². The fraction of sp³-hybridized carbons (Fsp3) is 0.600. The molecule has 1 fully saturated rings. The molecule has 0 heterocycles. The van der Waals surface area contributed by atoms with Crippen molar-refractivity contribution in [1.29, 1.82) is 0 Å². The Morgan fingerprint density at radius 2 is 1.82 bits per heavy atom. The van der Waals surface area contributed by atoms with Gasteiger partial charge in [0.25, 0.3) is 0 Å². The number of aliphatic hydroxyl groups excluding tert-OH is 1. The smallest absolute Gasteiger partial charge is 0.0431 e. The largest absolute Gasteiger partial charge is 0.396 e. The van der Waals surface area contributed by atoms with E-state index in [1.165, 1.54) is 31.4 Å². The predicted molar refractivity (Wildman–Crippen MR) is 70.8 cm³/mol. The van der Waals surface area contributed by atoms with Crippen LogP contribution in [-0.4, -0.2) is 29.2 Å². The maximum absolute atomic E-state index is 8.77. The second-order valence-electron chi connectivity index (χ2n) is 4.97. The molecule has 1 aliphatic carbocycles. The lowest BCUT2D eigenvalue weighted by Crippen LogP contribution is -2.26. The van der Waals surface area contributed by atoms with Crippen LogP contribution in [0.15, 0.2) is 30.3 Å². The molecule has 0 aromatic heterocycles. The summed E-state index contributed by atoms with van der Waals surface area (Å²) in [5, 5.41) is 8.77.